The Labute approximate surface area is 127 Å². The number of hydrogen-bond acceptors (Lipinski definition) is 4. The van der Waals surface area contributed by atoms with Crippen molar-refractivity contribution in [1.82, 2.24) is 0 Å². The smallest absolute Gasteiger partial charge is 0.335 e. The van der Waals surface area contributed by atoms with Crippen LogP contribution in [0.15, 0.2) is 36.0 Å². The summed E-state index contributed by atoms with van der Waals surface area (Å²) in [5.41, 5.74) is 1.03. The highest BCUT2D eigenvalue weighted by molar-refractivity contribution is 5.74. The first kappa shape index (κ1) is 17.7. The van der Waals surface area contributed by atoms with Crippen molar-refractivity contribution < 1.29 is 19.4 Å². The zero-order chi connectivity index (χ0) is 15.7. The van der Waals surface area contributed by atoms with Crippen molar-refractivity contribution in [3.8, 4) is 0 Å². The molecular formula is C17H26O4. The van der Waals surface area contributed by atoms with Crippen molar-refractivity contribution in [1.29, 1.82) is 0 Å². The highest BCUT2D eigenvalue weighted by Crippen LogP contribution is 2.32. The molecule has 4 heteroatoms. The van der Waals surface area contributed by atoms with Gasteiger partial charge in [-0.3, -0.25) is 0 Å². The molecule has 1 saturated carbocycles. The minimum atomic E-state index is -1.18. The number of aliphatic hydroxyl groups is 1. The Morgan fingerprint density at radius 2 is 2.00 bits per heavy atom. The number of carbonyl (C=O) groups excluding carboxylic acids is 1. The molecule has 0 aliphatic heterocycles. The Morgan fingerprint density at radius 1 is 1.33 bits per heavy atom. The Morgan fingerprint density at radius 3 is 2.57 bits per heavy atom. The number of esters is 1. The van der Waals surface area contributed by atoms with Crippen LogP contribution >= 0.6 is 0 Å². The van der Waals surface area contributed by atoms with E-state index in [2.05, 4.69) is 0 Å². The van der Waals surface area contributed by atoms with Crippen LogP contribution in [0, 0.1) is 0 Å². The normalized spacial score (nSPS) is 20.3. The van der Waals surface area contributed by atoms with Gasteiger partial charge in [-0.1, -0.05) is 36.0 Å². The van der Waals surface area contributed by atoms with E-state index in [4.69, 9.17) is 9.47 Å². The number of carbonyl (C=O) groups is 1. The highest BCUT2D eigenvalue weighted by Gasteiger charge is 2.37. The molecule has 1 fully saturated rings. The average molecular weight is 294 g/mol. The topological polar surface area (TPSA) is 55.8 Å². The summed E-state index contributed by atoms with van der Waals surface area (Å²) in [6.45, 7) is 3.91. The van der Waals surface area contributed by atoms with Crippen LogP contribution in [0.4, 0.5) is 0 Å². The van der Waals surface area contributed by atoms with Gasteiger partial charge in [0.2, 0.25) is 0 Å². The van der Waals surface area contributed by atoms with Gasteiger partial charge in [0.05, 0.1) is 7.11 Å². The Bertz CT molecular complexity index is 415. The van der Waals surface area contributed by atoms with E-state index in [9.17, 15) is 9.90 Å². The third-order valence-electron chi connectivity index (χ3n) is 3.53. The lowest BCUT2D eigenvalue weighted by Gasteiger charge is -2.27. The largest absolute Gasteiger partial charge is 0.467 e. The van der Waals surface area contributed by atoms with Crippen LogP contribution in [-0.2, 0) is 14.3 Å². The molecule has 0 aromatic heterocycles. The van der Waals surface area contributed by atoms with Crippen molar-refractivity contribution >= 4 is 5.97 Å². The minimum absolute atomic E-state index is 0.390. The van der Waals surface area contributed by atoms with E-state index in [0.717, 1.165) is 18.4 Å². The fraction of sp³-hybridized carbons (Fsp3) is 0.588. The van der Waals surface area contributed by atoms with Crippen molar-refractivity contribution in [2.24, 2.45) is 0 Å². The molecule has 0 spiro atoms. The number of rotatable bonds is 7. The van der Waals surface area contributed by atoms with Crippen LogP contribution in [0.25, 0.3) is 0 Å². The van der Waals surface area contributed by atoms with Crippen LogP contribution in [0.3, 0.4) is 0 Å². The summed E-state index contributed by atoms with van der Waals surface area (Å²) in [6.07, 6.45) is 12.3. The quantitative estimate of drug-likeness (QED) is 0.445. The monoisotopic (exact) mass is 294 g/mol. The summed E-state index contributed by atoms with van der Waals surface area (Å²) in [5, 5.41) is 10.3. The highest BCUT2D eigenvalue weighted by atomic mass is 16.6. The van der Waals surface area contributed by atoms with E-state index in [-0.39, 0.29) is 0 Å². The summed E-state index contributed by atoms with van der Waals surface area (Å²) in [5.74, 6) is -1.63. The summed E-state index contributed by atoms with van der Waals surface area (Å²) >= 11 is 0. The second-order valence-corrected chi connectivity index (χ2v) is 5.35. The molecule has 4 nitrogen and oxygen atoms in total. The maximum atomic E-state index is 11.8. The van der Waals surface area contributed by atoms with E-state index < -0.39 is 17.9 Å². The molecule has 1 unspecified atom stereocenters. The van der Waals surface area contributed by atoms with Gasteiger partial charge in [0.1, 0.15) is 0 Å². The minimum Gasteiger partial charge on any atom is -0.467 e. The van der Waals surface area contributed by atoms with E-state index in [1.165, 1.54) is 7.11 Å². The zero-order valence-electron chi connectivity index (χ0n) is 13.2. The van der Waals surface area contributed by atoms with Gasteiger partial charge >= 0.3 is 5.97 Å². The number of methoxy groups -OCH3 is 1. The second kappa shape index (κ2) is 8.80. The lowest BCUT2D eigenvalue weighted by molar-refractivity contribution is -0.230. The first-order chi connectivity index (χ1) is 10.0. The van der Waals surface area contributed by atoms with E-state index in [0.29, 0.717) is 19.3 Å². The van der Waals surface area contributed by atoms with Gasteiger partial charge < -0.3 is 14.6 Å². The maximum Gasteiger partial charge on any atom is 0.335 e. The summed E-state index contributed by atoms with van der Waals surface area (Å²) in [6, 6.07) is 0. The van der Waals surface area contributed by atoms with Crippen molar-refractivity contribution in [3.63, 3.8) is 0 Å². The summed E-state index contributed by atoms with van der Waals surface area (Å²) < 4.78 is 10.4. The van der Waals surface area contributed by atoms with Crippen LogP contribution < -0.4 is 0 Å². The number of hydrogen-bond donors (Lipinski definition) is 1. The molecular weight excluding hydrogens is 268 g/mol. The van der Waals surface area contributed by atoms with Gasteiger partial charge in [0.25, 0.3) is 0 Å². The van der Waals surface area contributed by atoms with Crippen LogP contribution in [-0.4, -0.2) is 30.1 Å². The molecule has 0 radical (unpaired) electrons. The molecule has 1 N–H and O–H groups in total. The van der Waals surface area contributed by atoms with E-state index in [1.54, 1.807) is 0 Å². The van der Waals surface area contributed by atoms with E-state index >= 15 is 0 Å². The molecule has 0 amide bonds. The standard InChI is InChI=1S/C17H26O4/c1-4-5-6-9-14(2)10-11-15(16(18)20-3)21-17(19)12-7-8-13-17/h4-6,9-10,15,19H,7-8,11-13H2,1-3H3/b5-4-,9-6-,14-10+. The molecule has 1 atom stereocenters. The molecule has 1 aliphatic carbocycles. The average Bonchev–Trinajstić information content (AvgIpc) is 2.89. The first-order valence-corrected chi connectivity index (χ1v) is 7.45. The van der Waals surface area contributed by atoms with Crippen LogP contribution in [0.5, 0.6) is 0 Å². The summed E-state index contributed by atoms with van der Waals surface area (Å²) in [7, 11) is 1.33. The Kier molecular flexibility index (Phi) is 7.40. The molecule has 21 heavy (non-hydrogen) atoms. The van der Waals surface area contributed by atoms with Gasteiger partial charge in [-0.25, -0.2) is 4.79 Å². The van der Waals surface area contributed by atoms with Crippen molar-refractivity contribution in [3.05, 3.63) is 36.0 Å². The molecule has 0 aromatic carbocycles. The SMILES string of the molecule is C\C=C/C=C\C(C)=C\CC(OC1(O)CCCC1)C(=O)OC. The molecule has 1 rings (SSSR count). The fourth-order valence-electron chi connectivity index (χ4n) is 2.31. The lowest BCUT2D eigenvalue weighted by atomic mass is 10.1. The molecule has 1 aliphatic rings. The third-order valence-corrected chi connectivity index (χ3v) is 3.53. The molecule has 0 saturated heterocycles. The van der Waals surface area contributed by atoms with E-state index in [1.807, 2.05) is 44.2 Å². The lowest BCUT2D eigenvalue weighted by Crippen LogP contribution is -2.38. The van der Waals surface area contributed by atoms with Gasteiger partial charge in [-0.05, 0) is 26.7 Å². The molecule has 0 aromatic rings. The third kappa shape index (κ3) is 6.27. The Hall–Kier alpha value is -1.39. The van der Waals surface area contributed by atoms with Gasteiger partial charge in [-0.15, -0.1) is 0 Å². The Balaban J connectivity index is 2.66. The van der Waals surface area contributed by atoms with Gasteiger partial charge in [-0.2, -0.15) is 0 Å². The predicted molar refractivity (Wildman–Crippen MR) is 82.6 cm³/mol. The van der Waals surface area contributed by atoms with Crippen LogP contribution in [0.2, 0.25) is 0 Å². The van der Waals surface area contributed by atoms with Crippen molar-refractivity contribution in [2.75, 3.05) is 7.11 Å². The number of allylic oxidation sites excluding steroid dienone is 5. The fourth-order valence-corrected chi connectivity index (χ4v) is 2.31. The van der Waals surface area contributed by atoms with Gasteiger partial charge in [0.15, 0.2) is 11.9 Å². The second-order valence-electron chi connectivity index (χ2n) is 5.35. The number of ether oxygens (including phenoxy) is 2. The van der Waals surface area contributed by atoms with Gasteiger partial charge in [0, 0.05) is 19.3 Å². The first-order valence-electron chi connectivity index (χ1n) is 7.45. The molecule has 0 bridgehead atoms. The van der Waals surface area contributed by atoms with Crippen molar-refractivity contribution in [2.45, 2.75) is 57.8 Å². The maximum absolute atomic E-state index is 11.8. The molecule has 0 heterocycles. The van der Waals surface area contributed by atoms with Crippen LogP contribution in [0.1, 0.15) is 46.0 Å². The summed E-state index contributed by atoms with van der Waals surface area (Å²) in [4.78, 5) is 11.8. The zero-order valence-corrected chi connectivity index (χ0v) is 13.2. The molecule has 118 valence electrons. The predicted octanol–water partition coefficient (Wildman–Crippen LogP) is 3.28.